The van der Waals surface area contributed by atoms with Crippen LogP contribution in [-0.4, -0.2) is 78.2 Å². The lowest BCUT2D eigenvalue weighted by Gasteiger charge is -2.35. The zero-order chi connectivity index (χ0) is 19.4. The van der Waals surface area contributed by atoms with Crippen LogP contribution >= 0.6 is 0 Å². The molecule has 1 N–H and O–H groups in total. The van der Waals surface area contributed by atoms with Gasteiger partial charge in [-0.3, -0.25) is 24.2 Å². The summed E-state index contributed by atoms with van der Waals surface area (Å²) in [6.45, 7) is 9.46. The van der Waals surface area contributed by atoms with E-state index in [-0.39, 0.29) is 24.3 Å². The molecule has 1 aromatic rings. The zero-order valence-corrected chi connectivity index (χ0v) is 15.7. The maximum atomic E-state index is 12.7. The van der Waals surface area contributed by atoms with Crippen molar-refractivity contribution in [3.63, 3.8) is 0 Å². The summed E-state index contributed by atoms with van der Waals surface area (Å²) in [6.07, 6.45) is 0.915. The molecule has 144 valence electrons. The smallest absolute Gasteiger partial charge is 0.259 e. The number of fused-ring (bicyclic) bond motifs is 1. The molecule has 7 heteroatoms. The van der Waals surface area contributed by atoms with Gasteiger partial charge in [-0.25, -0.2) is 0 Å². The van der Waals surface area contributed by atoms with E-state index in [0.717, 1.165) is 12.0 Å². The predicted molar refractivity (Wildman–Crippen MR) is 103 cm³/mol. The third-order valence-corrected chi connectivity index (χ3v) is 5.00. The molecule has 0 radical (unpaired) electrons. The number of hydrogen-bond donors (Lipinski definition) is 1. The summed E-state index contributed by atoms with van der Waals surface area (Å²) in [7, 11) is 0. The SMILES string of the molecule is C=C1c2ccccc2C(=O)N1CC(=O)N1CCN(CC(=O)NCCC)CC1. The van der Waals surface area contributed by atoms with E-state index in [1.54, 1.807) is 11.0 Å². The number of benzene rings is 1. The Morgan fingerprint density at radius 1 is 1.07 bits per heavy atom. The standard InChI is InChI=1S/C20H26N4O3/c1-3-8-21-18(25)13-22-9-11-23(12-10-22)19(26)14-24-15(2)16-6-4-5-7-17(16)20(24)27/h4-7H,2-3,8-14H2,1H3,(H,21,25). The second-order valence-corrected chi connectivity index (χ2v) is 6.89. The molecule has 0 atom stereocenters. The molecule has 3 rings (SSSR count). The van der Waals surface area contributed by atoms with Crippen LogP contribution < -0.4 is 5.32 Å². The first kappa shape index (κ1) is 19.1. The molecule has 2 aliphatic heterocycles. The van der Waals surface area contributed by atoms with Gasteiger partial charge in [0.05, 0.1) is 6.54 Å². The van der Waals surface area contributed by atoms with E-state index < -0.39 is 0 Å². The van der Waals surface area contributed by atoms with E-state index in [1.807, 2.05) is 30.0 Å². The van der Waals surface area contributed by atoms with Crippen LogP contribution in [0.5, 0.6) is 0 Å². The van der Waals surface area contributed by atoms with E-state index in [2.05, 4.69) is 11.9 Å². The molecule has 0 aliphatic carbocycles. The van der Waals surface area contributed by atoms with Gasteiger partial charge >= 0.3 is 0 Å². The molecule has 0 unspecified atom stereocenters. The summed E-state index contributed by atoms with van der Waals surface area (Å²) in [6, 6.07) is 7.28. The average molecular weight is 370 g/mol. The fourth-order valence-corrected chi connectivity index (χ4v) is 3.42. The number of amides is 3. The van der Waals surface area contributed by atoms with Crippen molar-refractivity contribution in [2.45, 2.75) is 13.3 Å². The second kappa shape index (κ2) is 8.35. The van der Waals surface area contributed by atoms with Crippen LogP contribution in [0.2, 0.25) is 0 Å². The number of carbonyl (C=O) groups excluding carboxylic acids is 3. The highest BCUT2D eigenvalue weighted by atomic mass is 16.2. The van der Waals surface area contributed by atoms with Gasteiger partial charge in [0.1, 0.15) is 6.54 Å². The summed E-state index contributed by atoms with van der Waals surface area (Å²) in [5.74, 6) is -0.240. The second-order valence-electron chi connectivity index (χ2n) is 6.89. The van der Waals surface area contributed by atoms with Crippen molar-refractivity contribution in [1.82, 2.24) is 20.0 Å². The van der Waals surface area contributed by atoms with Crippen LogP contribution in [-0.2, 0) is 9.59 Å². The first-order chi connectivity index (χ1) is 13.0. The Labute approximate surface area is 159 Å². The van der Waals surface area contributed by atoms with Crippen molar-refractivity contribution >= 4 is 23.4 Å². The van der Waals surface area contributed by atoms with Crippen LogP contribution in [0.1, 0.15) is 29.3 Å². The fraction of sp³-hybridized carbons (Fsp3) is 0.450. The molecular formula is C20H26N4O3. The van der Waals surface area contributed by atoms with Gasteiger partial charge in [-0.05, 0) is 12.5 Å². The van der Waals surface area contributed by atoms with Crippen LogP contribution in [0, 0.1) is 0 Å². The minimum Gasteiger partial charge on any atom is -0.355 e. The van der Waals surface area contributed by atoms with Gasteiger partial charge in [-0.2, -0.15) is 0 Å². The molecule has 7 nitrogen and oxygen atoms in total. The minimum absolute atomic E-state index is 0.00331. The van der Waals surface area contributed by atoms with Crippen LogP contribution in [0.15, 0.2) is 30.8 Å². The largest absolute Gasteiger partial charge is 0.355 e. The molecule has 2 aliphatic rings. The lowest BCUT2D eigenvalue weighted by Crippen LogP contribution is -2.52. The average Bonchev–Trinajstić information content (AvgIpc) is 2.92. The van der Waals surface area contributed by atoms with Crippen LogP contribution in [0.3, 0.4) is 0 Å². The molecular weight excluding hydrogens is 344 g/mol. The third-order valence-electron chi connectivity index (χ3n) is 5.00. The summed E-state index contributed by atoms with van der Waals surface area (Å²) >= 11 is 0. The van der Waals surface area contributed by atoms with E-state index >= 15 is 0 Å². The molecule has 2 heterocycles. The van der Waals surface area contributed by atoms with Crippen molar-refractivity contribution in [1.29, 1.82) is 0 Å². The van der Waals surface area contributed by atoms with Gasteiger partial charge in [0.25, 0.3) is 5.91 Å². The summed E-state index contributed by atoms with van der Waals surface area (Å²) in [4.78, 5) is 42.3. The first-order valence-electron chi connectivity index (χ1n) is 9.38. The van der Waals surface area contributed by atoms with Crippen LogP contribution in [0.25, 0.3) is 5.70 Å². The van der Waals surface area contributed by atoms with Gasteiger partial charge < -0.3 is 10.2 Å². The number of hydrogen-bond acceptors (Lipinski definition) is 4. The van der Waals surface area contributed by atoms with Gasteiger partial charge in [0.2, 0.25) is 11.8 Å². The number of nitrogens with one attached hydrogen (secondary N) is 1. The summed E-state index contributed by atoms with van der Waals surface area (Å²) in [5, 5.41) is 2.87. The van der Waals surface area contributed by atoms with Gasteiger partial charge in [0, 0.05) is 49.5 Å². The van der Waals surface area contributed by atoms with Gasteiger partial charge in [-0.1, -0.05) is 31.7 Å². The van der Waals surface area contributed by atoms with Crippen molar-refractivity contribution in [3.05, 3.63) is 42.0 Å². The number of nitrogens with zero attached hydrogens (tertiary/aromatic N) is 3. The minimum atomic E-state index is -0.171. The molecule has 3 amide bonds. The number of rotatable bonds is 6. The number of piperazine rings is 1. The Hall–Kier alpha value is -2.67. The maximum Gasteiger partial charge on any atom is 0.259 e. The Balaban J connectivity index is 1.50. The molecule has 0 bridgehead atoms. The fourth-order valence-electron chi connectivity index (χ4n) is 3.42. The summed E-state index contributed by atoms with van der Waals surface area (Å²) < 4.78 is 0. The third kappa shape index (κ3) is 4.19. The zero-order valence-electron chi connectivity index (χ0n) is 15.7. The molecule has 27 heavy (non-hydrogen) atoms. The van der Waals surface area contributed by atoms with E-state index in [9.17, 15) is 14.4 Å². The van der Waals surface area contributed by atoms with E-state index in [1.165, 1.54) is 4.90 Å². The molecule has 1 fully saturated rings. The maximum absolute atomic E-state index is 12.7. The highest BCUT2D eigenvalue weighted by Crippen LogP contribution is 2.30. The first-order valence-corrected chi connectivity index (χ1v) is 9.38. The molecule has 1 saturated heterocycles. The van der Waals surface area contributed by atoms with E-state index in [4.69, 9.17) is 0 Å². The lowest BCUT2D eigenvalue weighted by molar-refractivity contribution is -0.133. The summed E-state index contributed by atoms with van der Waals surface area (Å²) in [5.41, 5.74) is 1.96. The Kier molecular flexibility index (Phi) is 5.91. The van der Waals surface area contributed by atoms with Crippen LogP contribution in [0.4, 0.5) is 0 Å². The monoisotopic (exact) mass is 370 g/mol. The Bertz CT molecular complexity index is 718. The number of carbonyl (C=O) groups is 3. The van der Waals surface area contributed by atoms with Crippen molar-refractivity contribution in [3.8, 4) is 0 Å². The molecule has 0 spiro atoms. The molecule has 0 aromatic heterocycles. The van der Waals surface area contributed by atoms with Gasteiger partial charge in [-0.15, -0.1) is 0 Å². The highest BCUT2D eigenvalue weighted by molar-refractivity contribution is 6.10. The van der Waals surface area contributed by atoms with Crippen molar-refractivity contribution < 1.29 is 14.4 Å². The van der Waals surface area contributed by atoms with Crippen molar-refractivity contribution in [2.24, 2.45) is 0 Å². The quantitative estimate of drug-likeness (QED) is 0.803. The Morgan fingerprint density at radius 2 is 1.74 bits per heavy atom. The molecule has 0 saturated carbocycles. The molecule has 1 aromatic carbocycles. The van der Waals surface area contributed by atoms with E-state index in [0.29, 0.717) is 50.5 Å². The predicted octanol–water partition coefficient (Wildman–Crippen LogP) is 0.784. The Morgan fingerprint density at radius 3 is 2.37 bits per heavy atom. The normalized spacial score (nSPS) is 17.2. The highest BCUT2D eigenvalue weighted by Gasteiger charge is 2.33. The topological polar surface area (TPSA) is 73.0 Å². The van der Waals surface area contributed by atoms with Crippen molar-refractivity contribution in [2.75, 3.05) is 45.8 Å². The lowest BCUT2D eigenvalue weighted by atomic mass is 10.1. The van der Waals surface area contributed by atoms with Gasteiger partial charge in [0.15, 0.2) is 0 Å².